The van der Waals surface area contributed by atoms with Crippen LogP contribution in [0.5, 0.6) is 0 Å². The molecule has 5 nitrogen and oxygen atoms in total. The maximum Gasteiger partial charge on any atom is 0.234 e. The number of nitrogens with zero attached hydrogens (tertiary/aromatic N) is 1. The Labute approximate surface area is 99.4 Å². The molecule has 5 heteroatoms. The van der Waals surface area contributed by atoms with Crippen molar-refractivity contribution in [2.24, 2.45) is 11.5 Å². The van der Waals surface area contributed by atoms with Crippen molar-refractivity contribution in [1.29, 1.82) is 0 Å². The average molecular weight is 233 g/mol. The van der Waals surface area contributed by atoms with Crippen LogP contribution in [-0.2, 0) is 16.1 Å². The monoisotopic (exact) mass is 233 g/mol. The standard InChI is InChI=1S/C12H15N3O2/c13-11(16)9-6-10(12(14)17)15(9)7-8-4-2-1-3-5-8/h1-5,9-10H,6-7H2,(H2,13,16)(H2,14,17)/t9-,10+. The van der Waals surface area contributed by atoms with Crippen molar-refractivity contribution in [2.45, 2.75) is 25.0 Å². The van der Waals surface area contributed by atoms with Crippen molar-refractivity contribution >= 4 is 11.8 Å². The van der Waals surface area contributed by atoms with Crippen LogP contribution in [0.3, 0.4) is 0 Å². The summed E-state index contributed by atoms with van der Waals surface area (Å²) in [5.74, 6) is -0.808. The second kappa shape index (κ2) is 4.55. The van der Waals surface area contributed by atoms with Gasteiger partial charge in [-0.25, -0.2) is 0 Å². The Morgan fingerprint density at radius 2 is 1.65 bits per heavy atom. The van der Waals surface area contributed by atoms with Crippen LogP contribution in [0.15, 0.2) is 30.3 Å². The van der Waals surface area contributed by atoms with Gasteiger partial charge in [-0.3, -0.25) is 14.5 Å². The zero-order valence-corrected chi connectivity index (χ0v) is 9.37. The molecule has 1 aliphatic heterocycles. The Kier molecular flexibility index (Phi) is 3.10. The highest BCUT2D eigenvalue weighted by molar-refractivity contribution is 5.87. The second-order valence-electron chi connectivity index (χ2n) is 4.23. The molecule has 2 amide bonds. The van der Waals surface area contributed by atoms with Gasteiger partial charge < -0.3 is 11.5 Å². The summed E-state index contributed by atoms with van der Waals surface area (Å²) in [6.45, 7) is 0.516. The van der Waals surface area contributed by atoms with E-state index in [4.69, 9.17) is 11.5 Å². The second-order valence-corrected chi connectivity index (χ2v) is 4.23. The third-order valence-corrected chi connectivity index (χ3v) is 3.11. The molecule has 0 aromatic heterocycles. The lowest BCUT2D eigenvalue weighted by Gasteiger charge is -2.45. The van der Waals surface area contributed by atoms with E-state index in [9.17, 15) is 9.59 Å². The van der Waals surface area contributed by atoms with Crippen molar-refractivity contribution in [2.75, 3.05) is 0 Å². The lowest BCUT2D eigenvalue weighted by Crippen LogP contribution is -2.64. The molecule has 0 spiro atoms. The SMILES string of the molecule is NC(=O)[C@H]1C[C@@H](C(N)=O)N1Cc1ccccc1. The van der Waals surface area contributed by atoms with E-state index in [2.05, 4.69) is 0 Å². The first-order chi connectivity index (χ1) is 8.09. The zero-order valence-electron chi connectivity index (χ0n) is 9.37. The Balaban J connectivity index is 2.10. The summed E-state index contributed by atoms with van der Waals surface area (Å²) in [7, 11) is 0. The van der Waals surface area contributed by atoms with Crippen molar-refractivity contribution in [3.05, 3.63) is 35.9 Å². The van der Waals surface area contributed by atoms with Gasteiger partial charge in [0.1, 0.15) is 0 Å². The lowest BCUT2D eigenvalue weighted by molar-refractivity contribution is -0.141. The summed E-state index contributed by atoms with van der Waals surface area (Å²) in [6, 6.07) is 8.85. The van der Waals surface area contributed by atoms with E-state index in [0.717, 1.165) is 5.56 Å². The molecule has 0 aliphatic carbocycles. The van der Waals surface area contributed by atoms with Crippen molar-refractivity contribution in [3.8, 4) is 0 Å². The van der Waals surface area contributed by atoms with Gasteiger partial charge in [-0.2, -0.15) is 0 Å². The van der Waals surface area contributed by atoms with Crippen LogP contribution in [-0.4, -0.2) is 28.8 Å². The van der Waals surface area contributed by atoms with Gasteiger partial charge in [0.25, 0.3) is 0 Å². The Morgan fingerprint density at radius 1 is 1.12 bits per heavy atom. The summed E-state index contributed by atoms with van der Waals surface area (Å²) in [6.07, 6.45) is 0.428. The fraction of sp³-hybridized carbons (Fsp3) is 0.333. The molecule has 0 radical (unpaired) electrons. The third kappa shape index (κ3) is 2.29. The first-order valence-electron chi connectivity index (χ1n) is 5.48. The maximum atomic E-state index is 11.2. The van der Waals surface area contributed by atoms with Gasteiger partial charge in [-0.1, -0.05) is 30.3 Å². The molecule has 90 valence electrons. The fourth-order valence-electron chi connectivity index (χ4n) is 2.14. The quantitative estimate of drug-likeness (QED) is 0.741. The van der Waals surface area contributed by atoms with E-state index in [0.29, 0.717) is 13.0 Å². The highest BCUT2D eigenvalue weighted by Gasteiger charge is 2.44. The van der Waals surface area contributed by atoms with E-state index in [-0.39, 0.29) is 12.1 Å². The number of likely N-dealkylation sites (tertiary alicyclic amines) is 1. The minimum Gasteiger partial charge on any atom is -0.368 e. The summed E-state index contributed by atoms with van der Waals surface area (Å²) in [5, 5.41) is 0. The molecule has 0 unspecified atom stereocenters. The van der Waals surface area contributed by atoms with Gasteiger partial charge in [0.05, 0.1) is 12.1 Å². The minimum absolute atomic E-state index is 0.382. The van der Waals surface area contributed by atoms with Gasteiger partial charge in [-0.05, 0) is 12.0 Å². The van der Waals surface area contributed by atoms with Crippen LogP contribution in [0, 0.1) is 0 Å². The van der Waals surface area contributed by atoms with Gasteiger partial charge in [-0.15, -0.1) is 0 Å². The summed E-state index contributed by atoms with van der Waals surface area (Å²) >= 11 is 0. The maximum absolute atomic E-state index is 11.2. The molecule has 0 saturated carbocycles. The fourth-order valence-corrected chi connectivity index (χ4v) is 2.14. The predicted molar refractivity (Wildman–Crippen MR) is 62.6 cm³/mol. The smallest absolute Gasteiger partial charge is 0.234 e. The van der Waals surface area contributed by atoms with Crippen LogP contribution in [0.1, 0.15) is 12.0 Å². The van der Waals surface area contributed by atoms with Crippen LogP contribution in [0.25, 0.3) is 0 Å². The number of hydrogen-bond acceptors (Lipinski definition) is 3. The van der Waals surface area contributed by atoms with Gasteiger partial charge >= 0.3 is 0 Å². The molecule has 0 bridgehead atoms. The minimum atomic E-state index is -0.404. The van der Waals surface area contributed by atoms with E-state index in [1.54, 1.807) is 4.90 Å². The van der Waals surface area contributed by atoms with Crippen LogP contribution >= 0.6 is 0 Å². The average Bonchev–Trinajstić information content (AvgIpc) is 2.25. The van der Waals surface area contributed by atoms with E-state index in [1.807, 2.05) is 30.3 Å². The number of rotatable bonds is 4. The molecule has 1 aromatic rings. The third-order valence-electron chi connectivity index (χ3n) is 3.11. The lowest BCUT2D eigenvalue weighted by atomic mass is 9.91. The van der Waals surface area contributed by atoms with Crippen molar-refractivity contribution in [3.63, 3.8) is 0 Å². The molecule has 2 rings (SSSR count). The zero-order chi connectivity index (χ0) is 12.4. The molecule has 1 saturated heterocycles. The number of benzene rings is 1. The summed E-state index contributed by atoms with van der Waals surface area (Å²) < 4.78 is 0. The van der Waals surface area contributed by atoms with Crippen LogP contribution in [0.4, 0.5) is 0 Å². The molecule has 2 atom stereocenters. The number of amides is 2. The molecule has 1 heterocycles. The number of carbonyl (C=O) groups excluding carboxylic acids is 2. The molecule has 1 aromatic carbocycles. The Hall–Kier alpha value is -1.88. The molecule has 17 heavy (non-hydrogen) atoms. The number of nitrogens with two attached hydrogens (primary N) is 2. The normalized spacial score (nSPS) is 24.0. The van der Waals surface area contributed by atoms with Gasteiger partial charge in [0, 0.05) is 6.54 Å². The first kappa shape index (κ1) is 11.6. The van der Waals surface area contributed by atoms with E-state index in [1.165, 1.54) is 0 Å². The number of primary amides is 2. The highest BCUT2D eigenvalue weighted by atomic mass is 16.2. The highest BCUT2D eigenvalue weighted by Crippen LogP contribution is 2.27. The molecule has 4 N–H and O–H groups in total. The first-order valence-corrected chi connectivity index (χ1v) is 5.48. The van der Waals surface area contributed by atoms with Crippen LogP contribution < -0.4 is 11.5 Å². The van der Waals surface area contributed by atoms with Gasteiger partial charge in [0.2, 0.25) is 11.8 Å². The molecular formula is C12H15N3O2. The number of hydrogen-bond donors (Lipinski definition) is 2. The Bertz CT molecular complexity index is 413. The van der Waals surface area contributed by atoms with E-state index >= 15 is 0 Å². The molecule has 1 aliphatic rings. The van der Waals surface area contributed by atoms with Gasteiger partial charge in [0.15, 0.2) is 0 Å². The van der Waals surface area contributed by atoms with E-state index < -0.39 is 11.8 Å². The molecule has 1 fully saturated rings. The summed E-state index contributed by atoms with van der Waals surface area (Å²) in [4.78, 5) is 24.1. The predicted octanol–water partition coefficient (Wildman–Crippen LogP) is -0.400. The molecular weight excluding hydrogens is 218 g/mol. The Morgan fingerprint density at radius 3 is 2.12 bits per heavy atom. The van der Waals surface area contributed by atoms with Crippen molar-refractivity contribution in [1.82, 2.24) is 4.90 Å². The summed E-state index contributed by atoms with van der Waals surface area (Å²) in [5.41, 5.74) is 11.6. The number of carbonyl (C=O) groups is 2. The van der Waals surface area contributed by atoms with Crippen LogP contribution in [0.2, 0.25) is 0 Å². The topological polar surface area (TPSA) is 89.4 Å². The van der Waals surface area contributed by atoms with Crippen molar-refractivity contribution < 1.29 is 9.59 Å². The largest absolute Gasteiger partial charge is 0.368 e.